The number of methoxy groups -OCH3 is 1. The van der Waals surface area contributed by atoms with Crippen molar-refractivity contribution in [3.05, 3.63) is 53.3 Å². The molecule has 0 aromatic heterocycles. The van der Waals surface area contributed by atoms with Crippen LogP contribution >= 0.6 is 0 Å². The normalized spacial score (nSPS) is 13.1. The van der Waals surface area contributed by atoms with Crippen LogP contribution < -0.4 is 15.4 Å². The Morgan fingerprint density at radius 3 is 2.59 bits per heavy atom. The first-order valence-electron chi connectivity index (χ1n) is 9.00. The molecular weight excluding hydrogens is 347 g/mol. The van der Waals surface area contributed by atoms with E-state index in [4.69, 9.17) is 4.74 Å². The Balaban J connectivity index is 1.58. The van der Waals surface area contributed by atoms with Gasteiger partial charge in [-0.25, -0.2) is 4.39 Å². The van der Waals surface area contributed by atoms with E-state index in [0.717, 1.165) is 24.0 Å². The highest BCUT2D eigenvalue weighted by molar-refractivity contribution is 5.96. The Morgan fingerprint density at radius 2 is 1.93 bits per heavy atom. The topological polar surface area (TPSA) is 67.4 Å². The largest absolute Gasteiger partial charge is 0.494 e. The van der Waals surface area contributed by atoms with Crippen molar-refractivity contribution in [3.63, 3.8) is 0 Å². The summed E-state index contributed by atoms with van der Waals surface area (Å²) in [5.74, 6) is -0.277. The van der Waals surface area contributed by atoms with Gasteiger partial charge in [-0.3, -0.25) is 9.59 Å². The van der Waals surface area contributed by atoms with E-state index < -0.39 is 5.82 Å². The van der Waals surface area contributed by atoms with E-state index in [1.807, 2.05) is 19.1 Å². The van der Waals surface area contributed by atoms with E-state index in [2.05, 4.69) is 10.6 Å². The molecule has 0 spiro atoms. The smallest absolute Gasteiger partial charge is 0.227 e. The number of benzene rings is 2. The molecule has 2 aromatic rings. The van der Waals surface area contributed by atoms with Crippen LogP contribution in [0, 0.1) is 18.7 Å². The molecule has 0 radical (unpaired) electrons. The Hall–Kier alpha value is -2.89. The summed E-state index contributed by atoms with van der Waals surface area (Å²) in [5, 5.41) is 5.74. The van der Waals surface area contributed by atoms with Gasteiger partial charge in [0, 0.05) is 23.7 Å². The lowest BCUT2D eigenvalue weighted by Gasteiger charge is -2.12. The predicted octanol–water partition coefficient (Wildman–Crippen LogP) is 4.06. The SMILES string of the molecule is COc1ccc(CCC(=O)Nc2cc(NC(=O)C3CC3)ccc2C)cc1F. The van der Waals surface area contributed by atoms with Crippen molar-refractivity contribution < 1.29 is 18.7 Å². The van der Waals surface area contributed by atoms with Gasteiger partial charge in [-0.15, -0.1) is 0 Å². The van der Waals surface area contributed by atoms with E-state index in [-0.39, 0.29) is 29.9 Å². The van der Waals surface area contributed by atoms with E-state index in [0.29, 0.717) is 17.8 Å². The molecule has 0 bridgehead atoms. The first kappa shape index (κ1) is 18.9. The highest BCUT2D eigenvalue weighted by atomic mass is 19.1. The maximum atomic E-state index is 13.7. The molecule has 1 saturated carbocycles. The second-order valence-corrected chi connectivity index (χ2v) is 6.81. The number of hydrogen-bond donors (Lipinski definition) is 2. The van der Waals surface area contributed by atoms with Gasteiger partial charge >= 0.3 is 0 Å². The fourth-order valence-corrected chi connectivity index (χ4v) is 2.76. The van der Waals surface area contributed by atoms with Crippen LogP contribution in [0.1, 0.15) is 30.4 Å². The molecule has 1 aliphatic rings. The average molecular weight is 370 g/mol. The zero-order valence-electron chi connectivity index (χ0n) is 15.5. The fraction of sp³-hybridized carbons (Fsp3) is 0.333. The molecule has 0 unspecified atom stereocenters. The van der Waals surface area contributed by atoms with Crippen LogP contribution in [0.3, 0.4) is 0 Å². The van der Waals surface area contributed by atoms with Crippen LogP contribution in [0.4, 0.5) is 15.8 Å². The first-order valence-corrected chi connectivity index (χ1v) is 9.00. The third kappa shape index (κ3) is 5.06. The van der Waals surface area contributed by atoms with E-state index in [1.165, 1.54) is 13.2 Å². The molecule has 2 aromatic carbocycles. The second kappa shape index (κ2) is 8.20. The molecule has 0 atom stereocenters. The third-order valence-corrected chi connectivity index (χ3v) is 4.58. The molecule has 3 rings (SSSR count). The molecule has 2 N–H and O–H groups in total. The van der Waals surface area contributed by atoms with Gasteiger partial charge in [0.2, 0.25) is 11.8 Å². The zero-order chi connectivity index (χ0) is 19.4. The number of amides is 2. The lowest BCUT2D eigenvalue weighted by molar-refractivity contribution is -0.117. The van der Waals surface area contributed by atoms with Crippen molar-refractivity contribution in [2.24, 2.45) is 5.92 Å². The Labute approximate surface area is 157 Å². The Morgan fingerprint density at radius 1 is 1.15 bits per heavy atom. The summed E-state index contributed by atoms with van der Waals surface area (Å²) in [6.07, 6.45) is 2.52. The van der Waals surface area contributed by atoms with Crippen LogP contribution in [0.15, 0.2) is 36.4 Å². The summed E-state index contributed by atoms with van der Waals surface area (Å²) in [6.45, 7) is 1.89. The summed E-state index contributed by atoms with van der Waals surface area (Å²) in [6, 6.07) is 10.1. The first-order chi connectivity index (χ1) is 13.0. The van der Waals surface area contributed by atoms with Gasteiger partial charge in [0.25, 0.3) is 0 Å². The number of ether oxygens (including phenoxy) is 1. The van der Waals surface area contributed by atoms with Crippen molar-refractivity contribution in [2.45, 2.75) is 32.6 Å². The summed E-state index contributed by atoms with van der Waals surface area (Å²) in [5.41, 5.74) is 2.97. The molecule has 1 aliphatic carbocycles. The molecule has 2 amide bonds. The minimum absolute atomic E-state index is 0.0256. The average Bonchev–Trinajstić information content (AvgIpc) is 3.48. The minimum atomic E-state index is -0.439. The van der Waals surface area contributed by atoms with Gasteiger partial charge in [0.15, 0.2) is 11.6 Å². The van der Waals surface area contributed by atoms with Crippen molar-refractivity contribution in [2.75, 3.05) is 17.7 Å². The number of halogens is 1. The van der Waals surface area contributed by atoms with Gasteiger partial charge in [-0.2, -0.15) is 0 Å². The van der Waals surface area contributed by atoms with Crippen molar-refractivity contribution >= 4 is 23.2 Å². The lowest BCUT2D eigenvalue weighted by atomic mass is 10.1. The van der Waals surface area contributed by atoms with Crippen LogP contribution in [0.2, 0.25) is 0 Å². The summed E-state index contributed by atoms with van der Waals surface area (Å²) in [4.78, 5) is 24.2. The lowest BCUT2D eigenvalue weighted by Crippen LogP contribution is -2.15. The highest BCUT2D eigenvalue weighted by Crippen LogP contribution is 2.31. The van der Waals surface area contributed by atoms with Crippen molar-refractivity contribution in [3.8, 4) is 5.75 Å². The van der Waals surface area contributed by atoms with E-state index >= 15 is 0 Å². The maximum Gasteiger partial charge on any atom is 0.227 e. The monoisotopic (exact) mass is 370 g/mol. The quantitative estimate of drug-likeness (QED) is 0.772. The summed E-state index contributed by atoms with van der Waals surface area (Å²) in [7, 11) is 1.41. The summed E-state index contributed by atoms with van der Waals surface area (Å²) >= 11 is 0. The standard InChI is InChI=1S/C21H23FN2O3/c1-13-3-8-16(23-21(26)15-6-7-15)12-18(13)24-20(25)10-5-14-4-9-19(27-2)17(22)11-14/h3-4,8-9,11-12,15H,5-7,10H2,1-2H3,(H,23,26)(H,24,25). The number of carbonyl (C=O) groups is 2. The Bertz CT molecular complexity index is 863. The van der Waals surface area contributed by atoms with Gasteiger partial charge in [-0.1, -0.05) is 12.1 Å². The van der Waals surface area contributed by atoms with Crippen LogP contribution in [0.25, 0.3) is 0 Å². The zero-order valence-corrected chi connectivity index (χ0v) is 15.5. The number of nitrogens with one attached hydrogen (secondary N) is 2. The molecular formula is C21H23FN2O3. The molecule has 0 saturated heterocycles. The third-order valence-electron chi connectivity index (χ3n) is 4.58. The molecule has 27 heavy (non-hydrogen) atoms. The van der Waals surface area contributed by atoms with E-state index in [1.54, 1.807) is 18.2 Å². The van der Waals surface area contributed by atoms with Crippen LogP contribution in [-0.4, -0.2) is 18.9 Å². The number of rotatable bonds is 7. The maximum absolute atomic E-state index is 13.7. The number of carbonyl (C=O) groups excluding carboxylic acids is 2. The molecule has 142 valence electrons. The van der Waals surface area contributed by atoms with Crippen LogP contribution in [-0.2, 0) is 16.0 Å². The Kier molecular flexibility index (Phi) is 5.74. The number of aryl methyl sites for hydroxylation is 2. The van der Waals surface area contributed by atoms with Gasteiger partial charge in [-0.05, 0) is 61.6 Å². The van der Waals surface area contributed by atoms with Crippen molar-refractivity contribution in [1.29, 1.82) is 0 Å². The molecule has 0 heterocycles. The predicted molar refractivity (Wildman–Crippen MR) is 102 cm³/mol. The fourth-order valence-electron chi connectivity index (χ4n) is 2.76. The highest BCUT2D eigenvalue weighted by Gasteiger charge is 2.29. The van der Waals surface area contributed by atoms with E-state index in [9.17, 15) is 14.0 Å². The number of hydrogen-bond acceptors (Lipinski definition) is 3. The second-order valence-electron chi connectivity index (χ2n) is 6.81. The molecule has 1 fully saturated rings. The minimum Gasteiger partial charge on any atom is -0.494 e. The van der Waals surface area contributed by atoms with Crippen molar-refractivity contribution in [1.82, 2.24) is 0 Å². The van der Waals surface area contributed by atoms with Gasteiger partial charge < -0.3 is 15.4 Å². The molecule has 0 aliphatic heterocycles. The van der Waals surface area contributed by atoms with Gasteiger partial charge in [0.1, 0.15) is 0 Å². The molecule has 6 heteroatoms. The molecule has 5 nitrogen and oxygen atoms in total. The van der Waals surface area contributed by atoms with Gasteiger partial charge in [0.05, 0.1) is 7.11 Å². The summed E-state index contributed by atoms with van der Waals surface area (Å²) < 4.78 is 18.6. The van der Waals surface area contributed by atoms with Crippen LogP contribution in [0.5, 0.6) is 5.75 Å². The number of anilines is 2.